The van der Waals surface area contributed by atoms with Gasteiger partial charge in [0.15, 0.2) is 0 Å². The molecule has 2 aromatic carbocycles. The average molecular weight is 482 g/mol. The lowest BCUT2D eigenvalue weighted by Crippen LogP contribution is -2.54. The zero-order valence-electron chi connectivity index (χ0n) is 20.0. The highest BCUT2D eigenvalue weighted by molar-refractivity contribution is 6.04. The first-order valence-corrected chi connectivity index (χ1v) is 11.4. The molecular formula is C25H31N5O5. The number of nitrogen functional groups attached to an aromatic ring is 1. The molecule has 0 spiro atoms. The highest BCUT2D eigenvalue weighted by Gasteiger charge is 2.38. The van der Waals surface area contributed by atoms with Gasteiger partial charge in [0.05, 0.1) is 7.11 Å². The van der Waals surface area contributed by atoms with Crippen molar-refractivity contribution in [3.05, 3.63) is 54.1 Å². The van der Waals surface area contributed by atoms with Gasteiger partial charge in [0.2, 0.25) is 11.8 Å². The van der Waals surface area contributed by atoms with Gasteiger partial charge in [0.25, 0.3) is 5.91 Å². The number of anilines is 3. The predicted octanol–water partition coefficient (Wildman–Crippen LogP) is 2.83. The number of hydrogen-bond donors (Lipinski definition) is 4. The number of nitrogens with zero attached hydrogens (tertiary/aromatic N) is 1. The van der Waals surface area contributed by atoms with Crippen LogP contribution >= 0.6 is 0 Å². The number of carbonyl (C=O) groups excluding carboxylic acids is 4. The fraction of sp³-hybridized carbons (Fsp3) is 0.360. The molecule has 1 fully saturated rings. The molecule has 5 N–H and O–H groups in total. The van der Waals surface area contributed by atoms with E-state index in [1.807, 2.05) is 13.8 Å². The Morgan fingerprint density at radius 2 is 1.57 bits per heavy atom. The Morgan fingerprint density at radius 1 is 0.971 bits per heavy atom. The van der Waals surface area contributed by atoms with E-state index in [-0.39, 0.29) is 23.6 Å². The first-order chi connectivity index (χ1) is 16.7. The first kappa shape index (κ1) is 25.5. The van der Waals surface area contributed by atoms with E-state index in [1.165, 1.54) is 12.0 Å². The van der Waals surface area contributed by atoms with Crippen LogP contribution in [0.5, 0.6) is 0 Å². The molecule has 3 rings (SSSR count). The van der Waals surface area contributed by atoms with Crippen LogP contribution in [0.15, 0.2) is 48.5 Å². The van der Waals surface area contributed by atoms with Crippen molar-refractivity contribution in [1.29, 1.82) is 0 Å². The predicted molar refractivity (Wildman–Crippen MR) is 133 cm³/mol. The van der Waals surface area contributed by atoms with Crippen molar-refractivity contribution in [1.82, 2.24) is 10.2 Å². The summed E-state index contributed by atoms with van der Waals surface area (Å²) >= 11 is 0. The average Bonchev–Trinajstić information content (AvgIpc) is 3.33. The van der Waals surface area contributed by atoms with E-state index >= 15 is 0 Å². The van der Waals surface area contributed by atoms with Gasteiger partial charge in [-0.25, -0.2) is 4.79 Å². The lowest BCUT2D eigenvalue weighted by Gasteiger charge is -2.30. The van der Waals surface area contributed by atoms with Gasteiger partial charge in [-0.2, -0.15) is 0 Å². The fourth-order valence-corrected chi connectivity index (χ4v) is 3.88. The topological polar surface area (TPSA) is 143 Å². The smallest absolute Gasteiger partial charge is 0.407 e. The SMILES string of the molecule is COC(=O)NC(C(=O)N1CCCC1C(=O)Nc1ccc(NC(=O)c2ccc(N)cc2)cc1)C(C)C. The van der Waals surface area contributed by atoms with Gasteiger partial charge < -0.3 is 31.3 Å². The third kappa shape index (κ3) is 6.50. The number of nitrogens with two attached hydrogens (primary N) is 1. The monoisotopic (exact) mass is 481 g/mol. The van der Waals surface area contributed by atoms with Gasteiger partial charge in [0.1, 0.15) is 12.1 Å². The second-order valence-corrected chi connectivity index (χ2v) is 8.69. The lowest BCUT2D eigenvalue weighted by molar-refractivity contribution is -0.139. The zero-order valence-corrected chi connectivity index (χ0v) is 20.0. The van der Waals surface area contributed by atoms with Crippen molar-refractivity contribution >= 4 is 40.9 Å². The van der Waals surface area contributed by atoms with Gasteiger partial charge >= 0.3 is 6.09 Å². The second kappa shape index (κ2) is 11.4. The molecule has 186 valence electrons. The Balaban J connectivity index is 1.62. The van der Waals surface area contributed by atoms with Crippen molar-refractivity contribution in [3.8, 4) is 0 Å². The number of likely N-dealkylation sites (tertiary alicyclic amines) is 1. The molecule has 2 unspecified atom stereocenters. The van der Waals surface area contributed by atoms with E-state index in [0.717, 1.165) is 0 Å². The number of rotatable bonds is 7. The Kier molecular flexibility index (Phi) is 8.30. The number of methoxy groups -OCH3 is 1. The largest absolute Gasteiger partial charge is 0.453 e. The molecular weight excluding hydrogens is 450 g/mol. The summed E-state index contributed by atoms with van der Waals surface area (Å²) in [5, 5.41) is 8.19. The molecule has 0 aliphatic carbocycles. The molecule has 2 aromatic rings. The fourth-order valence-electron chi connectivity index (χ4n) is 3.88. The zero-order chi connectivity index (χ0) is 25.5. The Hall–Kier alpha value is -4.08. The second-order valence-electron chi connectivity index (χ2n) is 8.69. The molecule has 1 saturated heterocycles. The minimum Gasteiger partial charge on any atom is -0.453 e. The van der Waals surface area contributed by atoms with Gasteiger partial charge in [-0.1, -0.05) is 13.8 Å². The quantitative estimate of drug-likeness (QED) is 0.448. The molecule has 35 heavy (non-hydrogen) atoms. The van der Waals surface area contributed by atoms with Crippen LogP contribution in [0, 0.1) is 5.92 Å². The summed E-state index contributed by atoms with van der Waals surface area (Å²) in [6.45, 7) is 4.06. The van der Waals surface area contributed by atoms with Crippen molar-refractivity contribution < 1.29 is 23.9 Å². The van der Waals surface area contributed by atoms with Crippen molar-refractivity contribution in [3.63, 3.8) is 0 Å². The molecule has 1 aliphatic rings. The molecule has 0 aromatic heterocycles. The highest BCUT2D eigenvalue weighted by atomic mass is 16.5. The van der Waals surface area contributed by atoms with E-state index < -0.39 is 18.2 Å². The minimum absolute atomic E-state index is 0.179. The lowest BCUT2D eigenvalue weighted by atomic mass is 10.0. The number of ether oxygens (including phenoxy) is 1. The standard InChI is InChI=1S/C25H31N5O5/c1-15(2)21(29-25(34)35-3)24(33)30-14-4-5-20(30)23(32)28-19-12-10-18(11-13-19)27-22(31)16-6-8-17(26)9-7-16/h6-13,15,20-21H,4-5,14,26H2,1-3H3,(H,27,31)(H,28,32)(H,29,34). The van der Waals surface area contributed by atoms with Crippen LogP contribution in [0.2, 0.25) is 0 Å². The van der Waals surface area contributed by atoms with E-state index in [4.69, 9.17) is 5.73 Å². The molecule has 4 amide bonds. The molecule has 0 saturated carbocycles. The molecule has 10 heteroatoms. The minimum atomic E-state index is -0.792. The third-order valence-corrected chi connectivity index (χ3v) is 5.81. The molecule has 1 heterocycles. The van der Waals surface area contributed by atoms with Crippen molar-refractivity contribution in [2.45, 2.75) is 38.8 Å². The number of carbonyl (C=O) groups is 4. The summed E-state index contributed by atoms with van der Waals surface area (Å²) in [6, 6.07) is 11.8. The van der Waals surface area contributed by atoms with Crippen molar-refractivity contribution in [2.24, 2.45) is 5.92 Å². The number of alkyl carbamates (subject to hydrolysis) is 1. The maximum Gasteiger partial charge on any atom is 0.407 e. The van der Waals surface area contributed by atoms with Gasteiger partial charge in [-0.3, -0.25) is 14.4 Å². The molecule has 0 radical (unpaired) electrons. The Bertz CT molecular complexity index is 1070. The van der Waals surface area contributed by atoms with E-state index in [2.05, 4.69) is 20.7 Å². The van der Waals surface area contributed by atoms with Crippen LogP contribution in [0.1, 0.15) is 37.0 Å². The van der Waals surface area contributed by atoms with Crippen LogP contribution in [0.25, 0.3) is 0 Å². The van der Waals surface area contributed by atoms with Gasteiger partial charge in [-0.05, 0) is 67.3 Å². The summed E-state index contributed by atoms with van der Waals surface area (Å²) in [4.78, 5) is 51.6. The Labute approximate surface area is 204 Å². The van der Waals surface area contributed by atoms with Gasteiger partial charge in [0, 0.05) is 29.2 Å². The number of amides is 4. The number of benzene rings is 2. The summed E-state index contributed by atoms with van der Waals surface area (Å²) in [7, 11) is 1.23. The van der Waals surface area contributed by atoms with Crippen LogP contribution in [-0.2, 0) is 14.3 Å². The summed E-state index contributed by atoms with van der Waals surface area (Å²) in [6.07, 6.45) is 0.514. The first-order valence-electron chi connectivity index (χ1n) is 11.4. The normalized spacial score (nSPS) is 15.9. The molecule has 0 bridgehead atoms. The van der Waals surface area contributed by atoms with Crippen molar-refractivity contribution in [2.75, 3.05) is 30.0 Å². The Morgan fingerprint density at radius 3 is 2.14 bits per heavy atom. The van der Waals surface area contributed by atoms with E-state index in [0.29, 0.717) is 42.0 Å². The van der Waals surface area contributed by atoms with Gasteiger partial charge in [-0.15, -0.1) is 0 Å². The third-order valence-electron chi connectivity index (χ3n) is 5.81. The highest BCUT2D eigenvalue weighted by Crippen LogP contribution is 2.23. The molecule has 10 nitrogen and oxygen atoms in total. The number of nitrogens with one attached hydrogen (secondary N) is 3. The maximum absolute atomic E-state index is 13.1. The summed E-state index contributed by atoms with van der Waals surface area (Å²) in [5.74, 6) is -1.08. The van der Waals surface area contributed by atoms with Crippen LogP contribution in [0.3, 0.4) is 0 Å². The van der Waals surface area contributed by atoms with Crippen LogP contribution < -0.4 is 21.7 Å². The summed E-state index contributed by atoms with van der Waals surface area (Å²) in [5.41, 5.74) is 7.80. The van der Waals surface area contributed by atoms with Crippen LogP contribution in [-0.4, -0.2) is 54.5 Å². The van der Waals surface area contributed by atoms with Crippen LogP contribution in [0.4, 0.5) is 21.9 Å². The van der Waals surface area contributed by atoms with E-state index in [1.54, 1.807) is 48.5 Å². The maximum atomic E-state index is 13.1. The molecule has 1 aliphatic heterocycles. The molecule has 2 atom stereocenters. The summed E-state index contributed by atoms with van der Waals surface area (Å²) < 4.78 is 4.63. The number of hydrogen-bond acceptors (Lipinski definition) is 6. The van der Waals surface area contributed by atoms with E-state index in [9.17, 15) is 19.2 Å².